The van der Waals surface area contributed by atoms with E-state index >= 15 is 0 Å². The summed E-state index contributed by atoms with van der Waals surface area (Å²) in [5, 5.41) is 2.82. The highest BCUT2D eigenvalue weighted by molar-refractivity contribution is 6.34. The fourth-order valence-electron chi connectivity index (χ4n) is 2.01. The van der Waals surface area contributed by atoms with Crippen molar-refractivity contribution < 1.29 is 4.79 Å². The Labute approximate surface area is 105 Å². The van der Waals surface area contributed by atoms with Crippen molar-refractivity contribution in [3.05, 3.63) is 53.3 Å². The number of anilines is 1. The molecule has 2 N–H and O–H groups in total. The van der Waals surface area contributed by atoms with Crippen molar-refractivity contribution in [3.63, 3.8) is 0 Å². The zero-order valence-corrected chi connectivity index (χ0v) is 9.53. The quantitative estimate of drug-likeness (QED) is 0.578. The van der Waals surface area contributed by atoms with Gasteiger partial charge in [0.15, 0.2) is 0 Å². The number of aromatic amines is 1. The Hall–Kier alpha value is -2.73. The van der Waals surface area contributed by atoms with Crippen LogP contribution in [-0.2, 0) is 4.79 Å². The zero-order valence-electron chi connectivity index (χ0n) is 9.53. The SMILES string of the molecule is C#Cc1ccc2c(c1)C(=Cc1ccc[nH]1)C(=O)N2. The highest BCUT2D eigenvalue weighted by atomic mass is 16.2. The lowest BCUT2D eigenvalue weighted by atomic mass is 10.0. The molecule has 2 heterocycles. The summed E-state index contributed by atoms with van der Waals surface area (Å²) in [5.74, 6) is 2.47. The van der Waals surface area contributed by atoms with Crippen LogP contribution in [0.15, 0.2) is 36.5 Å². The molecule has 0 unspecified atom stereocenters. The van der Waals surface area contributed by atoms with Crippen molar-refractivity contribution in [2.24, 2.45) is 0 Å². The predicted molar refractivity (Wildman–Crippen MR) is 71.7 cm³/mol. The molecule has 0 aliphatic carbocycles. The maximum Gasteiger partial charge on any atom is 0.256 e. The number of hydrogen-bond acceptors (Lipinski definition) is 1. The molecule has 3 rings (SSSR count). The number of terminal acetylenes is 1. The van der Waals surface area contributed by atoms with Crippen LogP contribution in [0.3, 0.4) is 0 Å². The van der Waals surface area contributed by atoms with Crippen molar-refractivity contribution in [3.8, 4) is 12.3 Å². The standard InChI is InChI=1S/C15H10N2O/c1-2-10-5-6-14-12(8-10)13(15(18)17-14)9-11-4-3-7-16-11/h1,3-9,16H,(H,17,18). The molecule has 86 valence electrons. The van der Waals surface area contributed by atoms with Gasteiger partial charge in [-0.3, -0.25) is 4.79 Å². The molecule has 0 bridgehead atoms. The van der Waals surface area contributed by atoms with Crippen molar-refractivity contribution >= 4 is 23.2 Å². The minimum absolute atomic E-state index is 0.103. The molecule has 0 spiro atoms. The third kappa shape index (κ3) is 1.61. The van der Waals surface area contributed by atoms with E-state index in [1.54, 1.807) is 0 Å². The first-order valence-electron chi connectivity index (χ1n) is 5.55. The monoisotopic (exact) mass is 234 g/mol. The average molecular weight is 234 g/mol. The summed E-state index contributed by atoms with van der Waals surface area (Å²) >= 11 is 0. The lowest BCUT2D eigenvalue weighted by Gasteiger charge is -1.99. The van der Waals surface area contributed by atoms with E-state index in [0.29, 0.717) is 5.57 Å². The average Bonchev–Trinajstić information content (AvgIpc) is 2.99. The molecule has 1 aromatic carbocycles. The van der Waals surface area contributed by atoms with Crippen LogP contribution >= 0.6 is 0 Å². The van der Waals surface area contributed by atoms with Crippen molar-refractivity contribution in [2.45, 2.75) is 0 Å². The van der Waals surface area contributed by atoms with Gasteiger partial charge in [-0.25, -0.2) is 0 Å². The molecular formula is C15H10N2O. The summed E-state index contributed by atoms with van der Waals surface area (Å²) in [7, 11) is 0. The van der Waals surface area contributed by atoms with E-state index < -0.39 is 0 Å². The van der Waals surface area contributed by atoms with Gasteiger partial charge >= 0.3 is 0 Å². The number of H-pyrrole nitrogens is 1. The first-order valence-corrected chi connectivity index (χ1v) is 5.55. The molecule has 0 radical (unpaired) electrons. The maximum absolute atomic E-state index is 11.9. The van der Waals surface area contributed by atoms with E-state index in [4.69, 9.17) is 6.42 Å². The topological polar surface area (TPSA) is 44.9 Å². The molecule has 1 aliphatic heterocycles. The van der Waals surface area contributed by atoms with E-state index in [0.717, 1.165) is 22.5 Å². The van der Waals surface area contributed by atoms with Crippen molar-refractivity contribution in [1.82, 2.24) is 4.98 Å². The highest BCUT2D eigenvalue weighted by Crippen LogP contribution is 2.33. The number of rotatable bonds is 1. The fraction of sp³-hybridized carbons (Fsp3) is 0. The Balaban J connectivity index is 2.14. The molecule has 0 atom stereocenters. The minimum atomic E-state index is -0.103. The van der Waals surface area contributed by atoms with Gasteiger partial charge < -0.3 is 10.3 Å². The largest absolute Gasteiger partial charge is 0.362 e. The van der Waals surface area contributed by atoms with Crippen LogP contribution in [0.4, 0.5) is 5.69 Å². The first-order chi connectivity index (χ1) is 8.78. The van der Waals surface area contributed by atoms with Crippen LogP contribution in [0, 0.1) is 12.3 Å². The number of carbonyl (C=O) groups is 1. The van der Waals surface area contributed by atoms with Crippen molar-refractivity contribution in [1.29, 1.82) is 0 Å². The molecule has 18 heavy (non-hydrogen) atoms. The predicted octanol–water partition coefficient (Wildman–Crippen LogP) is 2.49. The Morgan fingerprint density at radius 1 is 1.28 bits per heavy atom. The number of fused-ring (bicyclic) bond motifs is 1. The number of amides is 1. The third-order valence-corrected chi connectivity index (χ3v) is 2.89. The number of carbonyl (C=O) groups excluding carboxylic acids is 1. The summed E-state index contributed by atoms with van der Waals surface area (Å²) in [6.45, 7) is 0. The Morgan fingerprint density at radius 3 is 2.89 bits per heavy atom. The molecule has 1 aromatic heterocycles. The van der Waals surface area contributed by atoms with Gasteiger partial charge in [0.05, 0.1) is 5.57 Å². The second-order valence-corrected chi connectivity index (χ2v) is 4.04. The zero-order chi connectivity index (χ0) is 12.5. The van der Waals surface area contributed by atoms with Crippen LogP contribution < -0.4 is 5.32 Å². The third-order valence-electron chi connectivity index (χ3n) is 2.89. The van der Waals surface area contributed by atoms with E-state index in [2.05, 4.69) is 16.2 Å². The van der Waals surface area contributed by atoms with Gasteiger partial charge in [0, 0.05) is 28.7 Å². The Bertz CT molecular complexity index is 688. The van der Waals surface area contributed by atoms with E-state index in [-0.39, 0.29) is 5.91 Å². The number of aromatic nitrogens is 1. The van der Waals surface area contributed by atoms with Crippen LogP contribution in [0.2, 0.25) is 0 Å². The summed E-state index contributed by atoms with van der Waals surface area (Å²) in [6.07, 6.45) is 9.02. The lowest BCUT2D eigenvalue weighted by molar-refractivity contribution is -0.110. The minimum Gasteiger partial charge on any atom is -0.362 e. The van der Waals surface area contributed by atoms with Crippen LogP contribution in [0.25, 0.3) is 11.6 Å². The van der Waals surface area contributed by atoms with Gasteiger partial charge in [0.25, 0.3) is 5.91 Å². The van der Waals surface area contributed by atoms with Gasteiger partial charge in [-0.1, -0.05) is 5.92 Å². The number of hydrogen-bond donors (Lipinski definition) is 2. The lowest BCUT2D eigenvalue weighted by Crippen LogP contribution is -2.03. The smallest absolute Gasteiger partial charge is 0.256 e. The normalized spacial score (nSPS) is 15.3. The molecule has 1 aliphatic rings. The summed E-state index contributed by atoms with van der Waals surface area (Å²) in [5.41, 5.74) is 3.94. The first kappa shape index (κ1) is 10.4. The van der Waals surface area contributed by atoms with Gasteiger partial charge in [-0.05, 0) is 36.4 Å². The molecule has 0 saturated heterocycles. The maximum atomic E-state index is 11.9. The van der Waals surface area contributed by atoms with Crippen LogP contribution in [0.1, 0.15) is 16.8 Å². The Morgan fingerprint density at radius 2 is 2.17 bits per heavy atom. The van der Waals surface area contributed by atoms with Gasteiger partial charge in [0.1, 0.15) is 0 Å². The fourth-order valence-corrected chi connectivity index (χ4v) is 2.01. The molecule has 0 fully saturated rings. The molecule has 2 aromatic rings. The van der Waals surface area contributed by atoms with Crippen LogP contribution in [-0.4, -0.2) is 10.9 Å². The second-order valence-electron chi connectivity index (χ2n) is 4.04. The van der Waals surface area contributed by atoms with Crippen LogP contribution in [0.5, 0.6) is 0 Å². The van der Waals surface area contributed by atoms with Crippen molar-refractivity contribution in [2.75, 3.05) is 5.32 Å². The summed E-state index contributed by atoms with van der Waals surface area (Å²) < 4.78 is 0. The number of nitrogens with one attached hydrogen (secondary N) is 2. The molecular weight excluding hydrogens is 224 g/mol. The van der Waals surface area contributed by atoms with Gasteiger partial charge in [-0.2, -0.15) is 0 Å². The van der Waals surface area contributed by atoms with Gasteiger partial charge in [-0.15, -0.1) is 6.42 Å². The van der Waals surface area contributed by atoms with E-state index in [1.165, 1.54) is 0 Å². The Kier molecular flexibility index (Phi) is 2.28. The summed E-state index contributed by atoms with van der Waals surface area (Å²) in [6, 6.07) is 9.29. The summed E-state index contributed by atoms with van der Waals surface area (Å²) in [4.78, 5) is 15.0. The number of benzene rings is 1. The van der Waals surface area contributed by atoms with E-state index in [1.807, 2.05) is 42.6 Å². The van der Waals surface area contributed by atoms with Gasteiger partial charge in [0.2, 0.25) is 0 Å². The molecule has 1 amide bonds. The molecule has 3 nitrogen and oxygen atoms in total. The highest BCUT2D eigenvalue weighted by Gasteiger charge is 2.24. The van der Waals surface area contributed by atoms with E-state index in [9.17, 15) is 4.79 Å². The molecule has 3 heteroatoms. The molecule has 0 saturated carbocycles. The second kappa shape index (κ2) is 3.94.